The Morgan fingerprint density at radius 1 is 1.26 bits per heavy atom. The predicted molar refractivity (Wildman–Crippen MR) is 77.9 cm³/mol. The van der Waals surface area contributed by atoms with E-state index >= 15 is 0 Å². The Labute approximate surface area is 118 Å². The summed E-state index contributed by atoms with van der Waals surface area (Å²) in [6, 6.07) is 7.43. The van der Waals surface area contributed by atoms with Gasteiger partial charge in [-0.3, -0.25) is 0 Å². The van der Waals surface area contributed by atoms with Crippen LogP contribution in [0.15, 0.2) is 30.5 Å². The lowest BCUT2D eigenvalue weighted by atomic mass is 9.93. The monoisotopic (exact) mass is 278 g/mol. The van der Waals surface area contributed by atoms with Gasteiger partial charge in [-0.25, -0.2) is 4.68 Å². The van der Waals surface area contributed by atoms with Crippen molar-refractivity contribution in [1.82, 2.24) is 9.78 Å². The van der Waals surface area contributed by atoms with Gasteiger partial charge in [-0.15, -0.1) is 0 Å². The van der Waals surface area contributed by atoms with E-state index in [9.17, 15) is 5.11 Å². The molecule has 0 aliphatic heterocycles. The fraction of sp³-hybridized carbons (Fsp3) is 0.400. The minimum absolute atomic E-state index is 0.00514. The lowest BCUT2D eigenvalue weighted by Crippen LogP contribution is -2.13. The molecule has 1 aromatic heterocycles. The van der Waals surface area contributed by atoms with Crippen LogP contribution in [0.3, 0.4) is 0 Å². The van der Waals surface area contributed by atoms with E-state index in [1.165, 1.54) is 0 Å². The first-order chi connectivity index (χ1) is 8.79. The van der Waals surface area contributed by atoms with E-state index in [1.54, 1.807) is 17.7 Å². The summed E-state index contributed by atoms with van der Waals surface area (Å²) in [6.45, 7) is 8.09. The van der Waals surface area contributed by atoms with Crippen LogP contribution in [0, 0.1) is 0 Å². The summed E-state index contributed by atoms with van der Waals surface area (Å²) < 4.78 is 1.77. The minimum Gasteiger partial charge on any atom is -0.389 e. The second kappa shape index (κ2) is 4.99. The molecular formula is C15H19ClN2O. The van der Waals surface area contributed by atoms with Crippen molar-refractivity contribution in [3.63, 3.8) is 0 Å². The number of rotatable bonds is 2. The molecule has 0 amide bonds. The van der Waals surface area contributed by atoms with E-state index < -0.39 is 6.10 Å². The molecule has 0 aliphatic carbocycles. The van der Waals surface area contributed by atoms with Crippen LogP contribution in [0.2, 0.25) is 5.02 Å². The van der Waals surface area contributed by atoms with Gasteiger partial charge in [-0.2, -0.15) is 5.10 Å². The molecule has 0 spiro atoms. The van der Waals surface area contributed by atoms with E-state index in [2.05, 4.69) is 25.9 Å². The van der Waals surface area contributed by atoms with Crippen LogP contribution < -0.4 is 0 Å². The van der Waals surface area contributed by atoms with Crippen molar-refractivity contribution in [2.24, 2.45) is 0 Å². The fourth-order valence-corrected chi connectivity index (χ4v) is 2.09. The van der Waals surface area contributed by atoms with E-state index in [0.29, 0.717) is 5.02 Å². The van der Waals surface area contributed by atoms with Gasteiger partial charge in [0.15, 0.2) is 0 Å². The number of hydrogen-bond acceptors (Lipinski definition) is 2. The first kappa shape index (κ1) is 14.1. The Bertz CT molecular complexity index is 582. The second-order valence-electron chi connectivity index (χ2n) is 5.77. The van der Waals surface area contributed by atoms with E-state index in [4.69, 9.17) is 11.6 Å². The Balaban J connectivity index is 2.52. The Hall–Kier alpha value is -1.32. The third-order valence-electron chi connectivity index (χ3n) is 3.05. The van der Waals surface area contributed by atoms with Crippen molar-refractivity contribution in [2.45, 2.75) is 39.2 Å². The van der Waals surface area contributed by atoms with E-state index in [1.807, 2.05) is 24.4 Å². The van der Waals surface area contributed by atoms with Gasteiger partial charge in [0.1, 0.15) is 0 Å². The molecule has 19 heavy (non-hydrogen) atoms. The molecule has 0 bridgehead atoms. The van der Waals surface area contributed by atoms with E-state index in [-0.39, 0.29) is 5.41 Å². The molecular weight excluding hydrogens is 260 g/mol. The average molecular weight is 279 g/mol. The van der Waals surface area contributed by atoms with Gasteiger partial charge in [0.2, 0.25) is 0 Å². The van der Waals surface area contributed by atoms with Gasteiger partial charge in [0, 0.05) is 22.2 Å². The summed E-state index contributed by atoms with van der Waals surface area (Å²) in [5.41, 5.74) is 2.63. The number of aliphatic hydroxyl groups excluding tert-OH is 1. The molecule has 2 rings (SSSR count). The molecule has 0 aliphatic rings. The van der Waals surface area contributed by atoms with Crippen LogP contribution in [-0.2, 0) is 5.41 Å². The van der Waals surface area contributed by atoms with Crippen LogP contribution in [0.25, 0.3) is 5.69 Å². The molecule has 1 heterocycles. The summed E-state index contributed by atoms with van der Waals surface area (Å²) in [5, 5.41) is 15.1. The van der Waals surface area contributed by atoms with Crippen molar-refractivity contribution >= 4 is 11.6 Å². The highest BCUT2D eigenvalue weighted by Gasteiger charge is 2.18. The van der Waals surface area contributed by atoms with Gasteiger partial charge in [0.25, 0.3) is 0 Å². The summed E-state index contributed by atoms with van der Waals surface area (Å²) >= 11 is 6.05. The zero-order valence-electron chi connectivity index (χ0n) is 11.7. The Morgan fingerprint density at radius 3 is 2.47 bits per heavy atom. The third kappa shape index (κ3) is 2.99. The molecule has 1 aromatic carbocycles. The summed E-state index contributed by atoms with van der Waals surface area (Å²) in [6.07, 6.45) is 1.34. The van der Waals surface area contributed by atoms with E-state index in [0.717, 1.165) is 16.9 Å². The van der Waals surface area contributed by atoms with Crippen molar-refractivity contribution < 1.29 is 5.11 Å². The fourth-order valence-electron chi connectivity index (χ4n) is 1.93. The third-order valence-corrected chi connectivity index (χ3v) is 3.28. The molecule has 0 saturated heterocycles. The van der Waals surface area contributed by atoms with Gasteiger partial charge in [-0.1, -0.05) is 38.4 Å². The molecule has 0 unspecified atom stereocenters. The molecule has 1 N–H and O–H groups in total. The van der Waals surface area contributed by atoms with Gasteiger partial charge >= 0.3 is 0 Å². The molecule has 102 valence electrons. The summed E-state index contributed by atoms with van der Waals surface area (Å²) in [5.74, 6) is 0. The topological polar surface area (TPSA) is 38.0 Å². The van der Waals surface area contributed by atoms with Gasteiger partial charge < -0.3 is 5.11 Å². The predicted octanol–water partition coefficient (Wildman–Crippen LogP) is 3.88. The smallest absolute Gasteiger partial charge is 0.0782 e. The van der Waals surface area contributed by atoms with Crippen LogP contribution in [0.4, 0.5) is 0 Å². The number of nitrogens with zero attached hydrogens (tertiary/aromatic N) is 2. The van der Waals surface area contributed by atoms with Crippen LogP contribution >= 0.6 is 11.6 Å². The largest absolute Gasteiger partial charge is 0.389 e. The standard InChI is InChI=1S/C15H19ClN2O/c1-10(19)12-6-5-11(16)9-13(12)18-8-7-14(17-18)15(2,3)4/h5-10,19H,1-4H3/t10-/m0/s1. The lowest BCUT2D eigenvalue weighted by molar-refractivity contribution is 0.199. The highest BCUT2D eigenvalue weighted by molar-refractivity contribution is 6.30. The van der Waals surface area contributed by atoms with Crippen LogP contribution in [0.5, 0.6) is 0 Å². The van der Waals surface area contributed by atoms with Crippen LogP contribution in [0.1, 0.15) is 45.1 Å². The normalized spacial score (nSPS) is 13.6. The minimum atomic E-state index is -0.561. The molecule has 4 heteroatoms. The average Bonchev–Trinajstić information content (AvgIpc) is 2.77. The highest BCUT2D eigenvalue weighted by atomic mass is 35.5. The highest BCUT2D eigenvalue weighted by Crippen LogP contribution is 2.26. The van der Waals surface area contributed by atoms with Crippen LogP contribution in [-0.4, -0.2) is 14.9 Å². The summed E-state index contributed by atoms with van der Waals surface area (Å²) in [4.78, 5) is 0. The number of halogens is 1. The Morgan fingerprint density at radius 2 is 1.95 bits per heavy atom. The maximum atomic E-state index is 9.84. The Kier molecular flexibility index (Phi) is 3.70. The molecule has 0 fully saturated rings. The van der Waals surface area contributed by atoms with Crippen molar-refractivity contribution in [3.8, 4) is 5.69 Å². The first-order valence-electron chi connectivity index (χ1n) is 6.33. The van der Waals surface area contributed by atoms with Gasteiger partial charge in [-0.05, 0) is 25.1 Å². The maximum absolute atomic E-state index is 9.84. The number of hydrogen-bond donors (Lipinski definition) is 1. The summed E-state index contributed by atoms with van der Waals surface area (Å²) in [7, 11) is 0. The molecule has 0 radical (unpaired) electrons. The lowest BCUT2D eigenvalue weighted by Gasteiger charge is -2.15. The van der Waals surface area contributed by atoms with Crippen molar-refractivity contribution in [1.29, 1.82) is 0 Å². The molecule has 3 nitrogen and oxygen atoms in total. The van der Waals surface area contributed by atoms with Crippen molar-refractivity contribution in [2.75, 3.05) is 0 Å². The van der Waals surface area contributed by atoms with Crippen molar-refractivity contribution in [3.05, 3.63) is 46.7 Å². The zero-order valence-corrected chi connectivity index (χ0v) is 12.4. The quantitative estimate of drug-likeness (QED) is 0.905. The SMILES string of the molecule is C[C@H](O)c1ccc(Cl)cc1-n1ccc(C(C)(C)C)n1. The number of benzene rings is 1. The second-order valence-corrected chi connectivity index (χ2v) is 6.21. The number of aromatic nitrogens is 2. The molecule has 0 saturated carbocycles. The number of aliphatic hydroxyl groups is 1. The zero-order chi connectivity index (χ0) is 14.2. The maximum Gasteiger partial charge on any atom is 0.0782 e. The molecule has 1 atom stereocenters. The van der Waals surface area contributed by atoms with Gasteiger partial charge in [0.05, 0.1) is 17.5 Å². The first-order valence-corrected chi connectivity index (χ1v) is 6.71. The molecule has 2 aromatic rings.